The van der Waals surface area contributed by atoms with Crippen LogP contribution in [0.1, 0.15) is 17.4 Å². The number of carbonyl (C=O) groups is 1. The normalized spacial score (nSPS) is 11.4. The summed E-state index contributed by atoms with van der Waals surface area (Å²) in [5.41, 5.74) is 1.71. The lowest BCUT2D eigenvalue weighted by atomic mass is 10.3. The lowest BCUT2D eigenvalue weighted by Gasteiger charge is -2.03. The van der Waals surface area contributed by atoms with E-state index in [9.17, 15) is 13.2 Å². The molecule has 160 valence electrons. The zero-order chi connectivity index (χ0) is 22.0. The molecule has 0 spiro atoms. The van der Waals surface area contributed by atoms with Crippen LogP contribution in [0.15, 0.2) is 52.7 Å². The maximum atomic E-state index is 12.6. The van der Waals surface area contributed by atoms with Crippen LogP contribution in [-0.2, 0) is 9.84 Å². The molecule has 0 saturated carbocycles. The van der Waals surface area contributed by atoms with E-state index in [0.717, 1.165) is 22.2 Å². The van der Waals surface area contributed by atoms with Crippen LogP contribution in [0.3, 0.4) is 0 Å². The smallest absolute Gasteiger partial charge is 0.276 e. The van der Waals surface area contributed by atoms with Crippen LogP contribution in [0.5, 0.6) is 5.75 Å². The largest absolute Gasteiger partial charge is 0.494 e. The van der Waals surface area contributed by atoms with Gasteiger partial charge in [0, 0.05) is 17.3 Å². The van der Waals surface area contributed by atoms with Crippen LogP contribution in [0, 0.1) is 0 Å². The summed E-state index contributed by atoms with van der Waals surface area (Å²) < 4.78 is 29.5. The number of hydrogen-bond donors (Lipinski definition) is 2. The zero-order valence-corrected chi connectivity index (χ0v) is 19.0. The number of rotatable bonds is 7. The Hall–Kier alpha value is -3.02. The van der Waals surface area contributed by atoms with E-state index < -0.39 is 9.84 Å². The summed E-state index contributed by atoms with van der Waals surface area (Å²) in [7, 11) is -3.25. The second-order valence-electron chi connectivity index (χ2n) is 6.50. The van der Waals surface area contributed by atoms with Gasteiger partial charge in [0.2, 0.25) is 0 Å². The van der Waals surface area contributed by atoms with Crippen LogP contribution < -0.4 is 15.4 Å². The average Bonchev–Trinajstić information content (AvgIpc) is 3.34. The van der Waals surface area contributed by atoms with Crippen molar-refractivity contribution in [1.29, 1.82) is 0 Å². The summed E-state index contributed by atoms with van der Waals surface area (Å²) in [6, 6.07) is 11.9. The van der Waals surface area contributed by atoms with Crippen molar-refractivity contribution < 1.29 is 17.9 Å². The number of nitrogens with one attached hydrogen (secondary N) is 2. The van der Waals surface area contributed by atoms with Crippen LogP contribution >= 0.6 is 22.7 Å². The molecule has 2 aromatic heterocycles. The Morgan fingerprint density at radius 2 is 1.87 bits per heavy atom. The Morgan fingerprint density at radius 3 is 2.58 bits per heavy atom. The van der Waals surface area contributed by atoms with E-state index in [1.165, 1.54) is 34.8 Å². The summed E-state index contributed by atoms with van der Waals surface area (Å²) in [6.45, 7) is 2.50. The average molecular weight is 475 g/mol. The van der Waals surface area contributed by atoms with Crippen LogP contribution in [0.4, 0.5) is 16.0 Å². The topological polar surface area (TPSA) is 110 Å². The maximum absolute atomic E-state index is 12.6. The maximum Gasteiger partial charge on any atom is 0.276 e. The summed E-state index contributed by atoms with van der Waals surface area (Å²) >= 11 is 2.63. The molecule has 4 aromatic rings. The molecule has 11 heteroatoms. The molecule has 8 nitrogen and oxygen atoms in total. The van der Waals surface area contributed by atoms with Crippen molar-refractivity contribution in [3.8, 4) is 5.75 Å². The Balaban J connectivity index is 1.44. The Morgan fingerprint density at radius 1 is 1.10 bits per heavy atom. The number of nitrogens with zero attached hydrogens (tertiary/aromatic N) is 2. The van der Waals surface area contributed by atoms with Gasteiger partial charge in [0.05, 0.1) is 21.7 Å². The Bertz CT molecular complexity index is 1340. The van der Waals surface area contributed by atoms with Gasteiger partial charge in [-0.25, -0.2) is 18.4 Å². The molecule has 1 amide bonds. The van der Waals surface area contributed by atoms with Gasteiger partial charge in [-0.2, -0.15) is 0 Å². The molecule has 0 fully saturated rings. The number of fused-ring (bicyclic) bond motifs is 1. The van der Waals surface area contributed by atoms with Crippen molar-refractivity contribution >= 4 is 64.6 Å². The summed E-state index contributed by atoms with van der Waals surface area (Å²) in [5.74, 6) is 0.400. The van der Waals surface area contributed by atoms with Crippen molar-refractivity contribution in [3.63, 3.8) is 0 Å². The molecule has 0 atom stereocenters. The van der Waals surface area contributed by atoms with Gasteiger partial charge in [-0.05, 0) is 49.4 Å². The highest BCUT2D eigenvalue weighted by Gasteiger charge is 2.14. The molecule has 0 unspecified atom stereocenters. The van der Waals surface area contributed by atoms with Crippen molar-refractivity contribution in [3.05, 3.63) is 53.5 Å². The number of carbonyl (C=O) groups excluding carboxylic acids is 1. The number of amides is 1. The third kappa shape index (κ3) is 5.01. The molecule has 0 saturated heterocycles. The molecule has 0 aliphatic heterocycles. The number of aromatic nitrogens is 2. The third-order valence-corrected chi connectivity index (χ3v) is 6.98. The van der Waals surface area contributed by atoms with E-state index in [-0.39, 0.29) is 16.5 Å². The Labute approximate surface area is 186 Å². The van der Waals surface area contributed by atoms with Gasteiger partial charge in [0.1, 0.15) is 11.4 Å². The third-order valence-electron chi connectivity index (χ3n) is 4.16. The van der Waals surface area contributed by atoms with Crippen LogP contribution in [-0.4, -0.2) is 37.2 Å². The van der Waals surface area contributed by atoms with Gasteiger partial charge in [-0.1, -0.05) is 11.3 Å². The zero-order valence-electron chi connectivity index (χ0n) is 16.6. The fourth-order valence-electron chi connectivity index (χ4n) is 2.72. The quantitative estimate of drug-likeness (QED) is 0.404. The van der Waals surface area contributed by atoms with Crippen molar-refractivity contribution in [2.75, 3.05) is 23.5 Å². The number of benzene rings is 2. The SMILES string of the molecule is CCOc1ccc2nc(NC(=O)c3csc(Nc4ccc(S(C)(=O)=O)cc4)n3)sc2c1. The number of sulfone groups is 1. The minimum atomic E-state index is -3.25. The fourth-order valence-corrected chi connectivity index (χ4v) is 4.95. The molecule has 2 aromatic carbocycles. The number of thiazole rings is 2. The van der Waals surface area contributed by atoms with Gasteiger partial charge >= 0.3 is 0 Å². The van der Waals surface area contributed by atoms with Crippen LogP contribution in [0.2, 0.25) is 0 Å². The van der Waals surface area contributed by atoms with Gasteiger partial charge in [-0.15, -0.1) is 11.3 Å². The lowest BCUT2D eigenvalue weighted by Crippen LogP contribution is -2.12. The minimum Gasteiger partial charge on any atom is -0.494 e. The lowest BCUT2D eigenvalue weighted by molar-refractivity contribution is 0.102. The van der Waals surface area contributed by atoms with Gasteiger partial charge in [0.15, 0.2) is 20.1 Å². The highest BCUT2D eigenvalue weighted by atomic mass is 32.2. The summed E-state index contributed by atoms with van der Waals surface area (Å²) in [4.78, 5) is 21.5. The highest BCUT2D eigenvalue weighted by Crippen LogP contribution is 2.30. The van der Waals surface area contributed by atoms with E-state index in [4.69, 9.17) is 4.74 Å². The number of ether oxygens (including phenoxy) is 1. The first-order valence-electron chi connectivity index (χ1n) is 9.19. The molecule has 31 heavy (non-hydrogen) atoms. The van der Waals surface area contributed by atoms with Crippen molar-refractivity contribution in [2.24, 2.45) is 0 Å². The van der Waals surface area contributed by atoms with Gasteiger partial charge < -0.3 is 10.1 Å². The minimum absolute atomic E-state index is 0.237. The molecule has 0 aliphatic rings. The second-order valence-corrected chi connectivity index (χ2v) is 10.4. The first-order valence-corrected chi connectivity index (χ1v) is 12.8. The summed E-state index contributed by atoms with van der Waals surface area (Å²) in [6.07, 6.45) is 1.16. The summed E-state index contributed by atoms with van der Waals surface area (Å²) in [5, 5.41) is 8.48. The predicted molar refractivity (Wildman–Crippen MR) is 124 cm³/mol. The fraction of sp³-hybridized carbons (Fsp3) is 0.150. The Kier molecular flexibility index (Phi) is 5.90. The van der Waals surface area contributed by atoms with Gasteiger partial charge in [-0.3, -0.25) is 10.1 Å². The number of anilines is 3. The first-order chi connectivity index (χ1) is 14.8. The monoisotopic (exact) mass is 474 g/mol. The molecule has 2 heterocycles. The van der Waals surface area contributed by atoms with E-state index in [2.05, 4.69) is 20.6 Å². The van der Waals surface area contributed by atoms with E-state index in [1.54, 1.807) is 17.5 Å². The van der Waals surface area contributed by atoms with Crippen molar-refractivity contribution in [2.45, 2.75) is 11.8 Å². The molecule has 0 radical (unpaired) electrons. The number of hydrogen-bond acceptors (Lipinski definition) is 9. The molecular formula is C20H18N4O4S3. The molecular weight excluding hydrogens is 456 g/mol. The highest BCUT2D eigenvalue weighted by molar-refractivity contribution is 7.90. The molecule has 0 aliphatic carbocycles. The van der Waals surface area contributed by atoms with E-state index in [1.807, 2.05) is 25.1 Å². The van der Waals surface area contributed by atoms with Gasteiger partial charge in [0.25, 0.3) is 5.91 Å². The van der Waals surface area contributed by atoms with E-state index >= 15 is 0 Å². The second kappa shape index (κ2) is 8.61. The van der Waals surface area contributed by atoms with E-state index in [0.29, 0.717) is 22.6 Å². The molecule has 0 bridgehead atoms. The predicted octanol–water partition coefficient (Wildman–Crippen LogP) is 4.55. The molecule has 2 N–H and O–H groups in total. The standard InChI is InChI=1S/C20H18N4O4S3/c1-3-28-13-6-9-15-17(10-13)30-20(22-15)24-18(25)16-11-29-19(23-16)21-12-4-7-14(8-5-12)31(2,26)27/h4-11H,3H2,1-2H3,(H,21,23)(H,22,24,25). The van der Waals surface area contributed by atoms with Crippen molar-refractivity contribution in [1.82, 2.24) is 9.97 Å². The van der Waals surface area contributed by atoms with Crippen LogP contribution in [0.25, 0.3) is 10.2 Å². The first kappa shape index (κ1) is 21.2. The molecule has 4 rings (SSSR count).